The normalized spacial score (nSPS) is 12.5. The Balaban J connectivity index is 0. The first-order valence-corrected chi connectivity index (χ1v) is 1.77. The molecule has 0 heterocycles. The van der Waals surface area contributed by atoms with Crippen molar-refractivity contribution in [3.05, 3.63) is 12.7 Å². The van der Waals surface area contributed by atoms with E-state index in [2.05, 4.69) is 6.92 Å². The van der Waals surface area contributed by atoms with E-state index < -0.39 is 0 Å². The molecule has 2 heteroatoms. The smallest absolute Gasteiger partial charge is 0 e. The van der Waals surface area contributed by atoms with Gasteiger partial charge in [-0.3, -0.25) is 0 Å². The Labute approximate surface area is 64.6 Å². The van der Waals surface area contributed by atoms with E-state index in [0.717, 1.165) is 6.42 Å². The van der Waals surface area contributed by atoms with Crippen LogP contribution >= 0.6 is 0 Å². The largest absolute Gasteiger partial charge is 0.677 e. The van der Waals surface area contributed by atoms with Crippen molar-refractivity contribution in [3.63, 3.8) is 0 Å². The molecule has 0 fully saturated rings. The fourth-order valence-electron chi connectivity index (χ4n) is 0. The average Bonchev–Trinajstić information content (AvgIpc) is 1.38. The predicted octanol–water partition coefficient (Wildman–Crippen LogP) is 1.65. The Morgan fingerprint density at radius 2 is 2.00 bits per heavy atom. The third-order valence-corrected chi connectivity index (χ3v) is 0.433. The fraction of sp³-hybridized carbons (Fsp3) is 0.750. The third-order valence-electron chi connectivity index (χ3n) is 0.433. The van der Waals surface area contributed by atoms with E-state index in [-0.39, 0.29) is 38.8 Å². The maximum Gasteiger partial charge on any atom is 0 e. The van der Waals surface area contributed by atoms with E-state index in [4.69, 9.17) is 5.73 Å². The molecule has 1 N–H and O–H groups in total. The van der Waals surface area contributed by atoms with Gasteiger partial charge in [-0.15, -0.1) is 0 Å². The van der Waals surface area contributed by atoms with E-state index in [0.29, 0.717) is 0 Å². The van der Waals surface area contributed by atoms with Gasteiger partial charge in [-0.05, 0) is 0 Å². The van der Waals surface area contributed by atoms with Gasteiger partial charge in [0, 0.05) is 32.7 Å². The van der Waals surface area contributed by atoms with E-state index in [1.165, 1.54) is 0 Å². The molecular weight excluding hydrogens is 151 g/mol. The topological polar surface area (TPSA) is 23.8 Å². The summed E-state index contributed by atoms with van der Waals surface area (Å²) in [4.78, 5) is 0. The van der Waals surface area contributed by atoms with Crippen LogP contribution in [-0.2, 0) is 32.7 Å². The molecule has 0 aliphatic rings. The molecule has 1 radical (unpaired) electrons. The maximum atomic E-state index is 6.76. The summed E-state index contributed by atoms with van der Waals surface area (Å²) in [6, 6.07) is 0.0231. The van der Waals surface area contributed by atoms with Crippen molar-refractivity contribution in [1.82, 2.24) is 0 Å². The summed E-state index contributed by atoms with van der Waals surface area (Å²) in [7, 11) is 0. The molecule has 0 aromatic carbocycles. The van der Waals surface area contributed by atoms with Crippen LogP contribution in [0.15, 0.2) is 0 Å². The number of nitrogens with one attached hydrogen (secondary N) is 1. The Hall–Kier alpha value is 1.06. The van der Waals surface area contributed by atoms with E-state index in [1.807, 2.05) is 6.92 Å². The third kappa shape index (κ3) is 8.91. The van der Waals surface area contributed by atoms with Crippen molar-refractivity contribution in [2.75, 3.05) is 0 Å². The summed E-state index contributed by atoms with van der Waals surface area (Å²) in [6.45, 7) is 5.32. The van der Waals surface area contributed by atoms with Gasteiger partial charge in [0.2, 0.25) is 0 Å². The molecule has 0 aromatic heterocycles. The van der Waals surface area contributed by atoms with Gasteiger partial charge in [-0.2, -0.15) is 12.5 Å². The maximum absolute atomic E-state index is 6.76. The zero-order chi connectivity index (χ0) is 4.28. The first-order valence-electron chi connectivity index (χ1n) is 1.77. The van der Waals surface area contributed by atoms with Gasteiger partial charge in [0.25, 0.3) is 0 Å². The second-order valence-corrected chi connectivity index (χ2v) is 1.19. The van der Waals surface area contributed by atoms with Crippen LogP contribution in [0.25, 0.3) is 5.73 Å². The van der Waals surface area contributed by atoms with Gasteiger partial charge in [0.05, 0.1) is 0 Å². The Morgan fingerprint density at radius 3 is 2.00 bits per heavy atom. The van der Waals surface area contributed by atoms with Gasteiger partial charge in [-0.1, -0.05) is 6.92 Å². The zero-order valence-electron chi connectivity index (χ0n) is 4.07. The number of hydrogen-bond acceptors (Lipinski definition) is 0. The monoisotopic (exact) mass is 160 g/mol. The number of hydrogen-bond donors (Lipinski definition) is 0. The van der Waals surface area contributed by atoms with Gasteiger partial charge in [0.15, 0.2) is 0 Å². The quantitative estimate of drug-likeness (QED) is 0.521. The molecule has 0 saturated carbocycles. The van der Waals surface area contributed by atoms with Crippen molar-refractivity contribution in [3.8, 4) is 0 Å². The van der Waals surface area contributed by atoms with Crippen LogP contribution in [-0.4, -0.2) is 6.04 Å². The van der Waals surface area contributed by atoms with Gasteiger partial charge in [-0.25, -0.2) is 0 Å². The zero-order valence-corrected chi connectivity index (χ0v) is 6.91. The minimum Gasteiger partial charge on any atom is -0.677 e. The van der Waals surface area contributed by atoms with Crippen LogP contribution in [0.5, 0.6) is 0 Å². The summed E-state index contributed by atoms with van der Waals surface area (Å²) in [5.74, 6) is 0. The molecule has 0 spiro atoms. The van der Waals surface area contributed by atoms with Crippen LogP contribution in [0, 0.1) is 6.92 Å². The molecule has 0 bridgehead atoms. The molecule has 6 heavy (non-hydrogen) atoms. The van der Waals surface area contributed by atoms with Crippen LogP contribution in [0.3, 0.4) is 0 Å². The summed E-state index contributed by atoms with van der Waals surface area (Å²) >= 11 is 0. The molecule has 35 valence electrons. The first kappa shape index (κ1) is 10.1. The minimum absolute atomic E-state index is 0. The number of rotatable bonds is 1. The van der Waals surface area contributed by atoms with Gasteiger partial charge < -0.3 is 12.7 Å². The van der Waals surface area contributed by atoms with E-state index in [9.17, 15) is 0 Å². The second-order valence-electron chi connectivity index (χ2n) is 1.19. The Morgan fingerprint density at radius 1 is 1.83 bits per heavy atom. The van der Waals surface area contributed by atoms with Crippen molar-refractivity contribution in [2.45, 2.75) is 19.4 Å². The molecule has 0 rings (SSSR count). The Kier molecular flexibility index (Phi) is 10.2. The van der Waals surface area contributed by atoms with E-state index >= 15 is 0 Å². The van der Waals surface area contributed by atoms with Crippen LogP contribution < -0.4 is 0 Å². The van der Waals surface area contributed by atoms with Crippen LogP contribution in [0.2, 0.25) is 0 Å². The van der Waals surface area contributed by atoms with Crippen LogP contribution in [0.4, 0.5) is 0 Å². The standard InChI is InChI=1S/C4H9N.Y/c1-3-4(2)5;/h4-5H,1,3H2,2H3;/q-2;. The van der Waals surface area contributed by atoms with Gasteiger partial charge >= 0.3 is 0 Å². The minimum atomic E-state index is 0. The molecule has 0 aromatic rings. The summed E-state index contributed by atoms with van der Waals surface area (Å²) in [5, 5.41) is 0. The first-order chi connectivity index (χ1) is 2.27. The molecule has 1 unspecified atom stereocenters. The molecule has 0 saturated heterocycles. The average molecular weight is 160 g/mol. The predicted molar refractivity (Wildman–Crippen MR) is 23.8 cm³/mol. The molecule has 0 aliphatic carbocycles. The molecule has 1 nitrogen and oxygen atoms in total. The second kappa shape index (κ2) is 6.06. The fourth-order valence-corrected chi connectivity index (χ4v) is 0. The van der Waals surface area contributed by atoms with Crippen molar-refractivity contribution in [2.24, 2.45) is 0 Å². The van der Waals surface area contributed by atoms with Crippen molar-refractivity contribution in [1.29, 1.82) is 0 Å². The van der Waals surface area contributed by atoms with Crippen molar-refractivity contribution >= 4 is 0 Å². The SMILES string of the molecule is [CH2-]CC(C)[NH-].[Y]. The van der Waals surface area contributed by atoms with Gasteiger partial charge in [0.1, 0.15) is 0 Å². The molecule has 0 aliphatic heterocycles. The summed E-state index contributed by atoms with van der Waals surface area (Å²) in [6.07, 6.45) is 0.722. The van der Waals surface area contributed by atoms with Crippen LogP contribution in [0.1, 0.15) is 13.3 Å². The molecule has 0 amide bonds. The molecule has 1 atom stereocenters. The summed E-state index contributed by atoms with van der Waals surface area (Å²) in [5.41, 5.74) is 6.76. The molecular formula is C4H9NY-2. The van der Waals surface area contributed by atoms with Crippen molar-refractivity contribution < 1.29 is 32.7 Å². The summed E-state index contributed by atoms with van der Waals surface area (Å²) < 4.78 is 0. The Bertz CT molecular complexity index is 21.5. The van der Waals surface area contributed by atoms with E-state index in [1.54, 1.807) is 0 Å².